The third-order valence-corrected chi connectivity index (χ3v) is 4.01. The fourth-order valence-electron chi connectivity index (χ4n) is 2.38. The number of rotatable bonds is 7. The molecule has 1 aliphatic rings. The maximum absolute atomic E-state index is 12.1. The highest BCUT2D eigenvalue weighted by Crippen LogP contribution is 2.15. The highest BCUT2D eigenvalue weighted by Gasteiger charge is 2.20. The molecule has 0 radical (unpaired) electrons. The zero-order valence-electron chi connectivity index (χ0n) is 13.4. The molecule has 1 aromatic carbocycles. The number of hydrogen-bond donors (Lipinski definition) is 2. The molecular weight excluding hydrogens is 334 g/mol. The van der Waals surface area contributed by atoms with Gasteiger partial charge in [-0.1, -0.05) is 11.6 Å². The number of carbonyl (C=O) groups excluding carboxylic acids is 2. The molecule has 1 aliphatic heterocycles. The quantitative estimate of drug-likeness (QED) is 0.718. The lowest BCUT2D eigenvalue weighted by Gasteiger charge is -2.34. The topological polar surface area (TPSA) is 82.1 Å². The minimum absolute atomic E-state index is 0.0389. The summed E-state index contributed by atoms with van der Waals surface area (Å²) in [6, 6.07) is 6.70. The van der Waals surface area contributed by atoms with Crippen LogP contribution in [-0.4, -0.2) is 79.2 Å². The highest BCUT2D eigenvalue weighted by molar-refractivity contribution is 6.30. The van der Waals surface area contributed by atoms with Crippen LogP contribution >= 0.6 is 11.6 Å². The van der Waals surface area contributed by atoms with Crippen LogP contribution < -0.4 is 10.1 Å². The second-order valence-corrected chi connectivity index (χ2v) is 5.90. The summed E-state index contributed by atoms with van der Waals surface area (Å²) in [6.45, 7) is 3.24. The van der Waals surface area contributed by atoms with Gasteiger partial charge in [-0.25, -0.2) is 0 Å². The molecule has 1 aromatic rings. The number of carbonyl (C=O) groups is 2. The Hall–Kier alpha value is -1.83. The first-order chi connectivity index (χ1) is 11.6. The van der Waals surface area contributed by atoms with Crippen molar-refractivity contribution in [1.82, 2.24) is 15.1 Å². The molecule has 0 saturated carbocycles. The van der Waals surface area contributed by atoms with Crippen molar-refractivity contribution in [2.24, 2.45) is 0 Å². The molecular formula is C16H22ClN3O4. The molecule has 7 nitrogen and oxygen atoms in total. The molecule has 2 amide bonds. The summed E-state index contributed by atoms with van der Waals surface area (Å²) < 4.78 is 5.32. The summed E-state index contributed by atoms with van der Waals surface area (Å²) in [6.07, 6.45) is 0. The zero-order valence-corrected chi connectivity index (χ0v) is 14.2. The van der Waals surface area contributed by atoms with Crippen molar-refractivity contribution in [3.05, 3.63) is 29.3 Å². The van der Waals surface area contributed by atoms with Crippen molar-refractivity contribution in [1.29, 1.82) is 0 Å². The van der Waals surface area contributed by atoms with Crippen LogP contribution in [0.2, 0.25) is 5.02 Å². The average molecular weight is 356 g/mol. The maximum Gasteiger partial charge on any atom is 0.258 e. The Bertz CT molecular complexity index is 545. The molecule has 24 heavy (non-hydrogen) atoms. The smallest absolute Gasteiger partial charge is 0.258 e. The molecule has 0 aromatic heterocycles. The molecule has 0 bridgehead atoms. The van der Waals surface area contributed by atoms with E-state index in [4.69, 9.17) is 21.4 Å². The number of halogens is 1. The van der Waals surface area contributed by atoms with Gasteiger partial charge in [0, 0.05) is 37.7 Å². The molecule has 2 rings (SSSR count). The molecule has 0 atom stereocenters. The number of aliphatic hydroxyl groups is 1. The fourth-order valence-corrected chi connectivity index (χ4v) is 2.51. The molecule has 2 N–H and O–H groups in total. The van der Waals surface area contributed by atoms with E-state index in [1.807, 2.05) is 0 Å². The molecule has 0 spiro atoms. The summed E-state index contributed by atoms with van der Waals surface area (Å²) in [7, 11) is 0. The second-order valence-electron chi connectivity index (χ2n) is 5.47. The molecule has 0 unspecified atom stereocenters. The van der Waals surface area contributed by atoms with Crippen LogP contribution in [0.25, 0.3) is 0 Å². The van der Waals surface area contributed by atoms with Gasteiger partial charge < -0.3 is 20.1 Å². The summed E-state index contributed by atoms with van der Waals surface area (Å²) in [5.41, 5.74) is 0. The van der Waals surface area contributed by atoms with E-state index in [2.05, 4.69) is 10.2 Å². The van der Waals surface area contributed by atoms with Gasteiger partial charge in [0.15, 0.2) is 6.61 Å². The van der Waals surface area contributed by atoms with E-state index in [0.29, 0.717) is 30.4 Å². The van der Waals surface area contributed by atoms with Gasteiger partial charge in [0.05, 0.1) is 13.2 Å². The number of benzene rings is 1. The summed E-state index contributed by atoms with van der Waals surface area (Å²) >= 11 is 5.77. The molecule has 8 heteroatoms. The maximum atomic E-state index is 12.1. The number of piperazine rings is 1. The van der Waals surface area contributed by atoms with Crippen LogP contribution in [0.4, 0.5) is 0 Å². The van der Waals surface area contributed by atoms with Crippen molar-refractivity contribution in [3.8, 4) is 5.75 Å². The van der Waals surface area contributed by atoms with Crippen LogP contribution in [-0.2, 0) is 9.59 Å². The van der Waals surface area contributed by atoms with Gasteiger partial charge in [0.1, 0.15) is 5.75 Å². The third-order valence-electron chi connectivity index (χ3n) is 3.76. The number of nitrogens with one attached hydrogen (secondary N) is 1. The predicted octanol–water partition coefficient (Wildman–Crippen LogP) is -0.0285. The highest BCUT2D eigenvalue weighted by atomic mass is 35.5. The Balaban J connectivity index is 1.64. The molecule has 132 valence electrons. The lowest BCUT2D eigenvalue weighted by Crippen LogP contribution is -2.51. The zero-order chi connectivity index (χ0) is 17.4. The van der Waals surface area contributed by atoms with E-state index in [9.17, 15) is 9.59 Å². The van der Waals surface area contributed by atoms with Crippen LogP contribution in [0, 0.1) is 0 Å². The number of aliphatic hydroxyl groups excluding tert-OH is 1. The Morgan fingerprint density at radius 3 is 2.46 bits per heavy atom. The van der Waals surface area contributed by atoms with Crippen molar-refractivity contribution in [3.63, 3.8) is 0 Å². The van der Waals surface area contributed by atoms with Gasteiger partial charge in [0.25, 0.3) is 5.91 Å². The largest absolute Gasteiger partial charge is 0.484 e. The van der Waals surface area contributed by atoms with Crippen molar-refractivity contribution in [2.45, 2.75) is 0 Å². The van der Waals surface area contributed by atoms with Gasteiger partial charge in [-0.3, -0.25) is 14.5 Å². The third kappa shape index (κ3) is 5.99. The van der Waals surface area contributed by atoms with Crippen molar-refractivity contribution in [2.75, 3.05) is 52.5 Å². The lowest BCUT2D eigenvalue weighted by molar-refractivity contribution is -0.134. The number of β-amino-alcohol motifs (C(OH)–C–C–N with tert-alkyl or cyclic N) is 1. The molecule has 1 saturated heterocycles. The van der Waals surface area contributed by atoms with E-state index in [1.54, 1.807) is 29.2 Å². The number of nitrogens with zero attached hydrogens (tertiary/aromatic N) is 2. The Morgan fingerprint density at radius 2 is 1.83 bits per heavy atom. The fraction of sp³-hybridized carbons (Fsp3) is 0.500. The first kappa shape index (κ1) is 18.5. The molecule has 1 fully saturated rings. The van der Waals surface area contributed by atoms with Gasteiger partial charge in [-0.2, -0.15) is 0 Å². The predicted molar refractivity (Wildman–Crippen MR) is 90.1 cm³/mol. The van der Waals surface area contributed by atoms with E-state index in [1.165, 1.54) is 0 Å². The van der Waals surface area contributed by atoms with Crippen LogP contribution in [0.3, 0.4) is 0 Å². The Morgan fingerprint density at radius 1 is 1.17 bits per heavy atom. The summed E-state index contributed by atoms with van der Waals surface area (Å²) in [5.74, 6) is 0.0802. The Kier molecular flexibility index (Phi) is 7.30. The first-order valence-electron chi connectivity index (χ1n) is 7.84. The summed E-state index contributed by atoms with van der Waals surface area (Å²) in [5, 5.41) is 12.1. The minimum atomic E-state index is -0.350. The van der Waals surface area contributed by atoms with Gasteiger partial charge in [-0.15, -0.1) is 0 Å². The van der Waals surface area contributed by atoms with Crippen LogP contribution in [0.5, 0.6) is 5.75 Å². The molecule has 1 heterocycles. The van der Waals surface area contributed by atoms with Crippen LogP contribution in [0.15, 0.2) is 24.3 Å². The lowest BCUT2D eigenvalue weighted by atomic mass is 10.3. The van der Waals surface area contributed by atoms with Gasteiger partial charge in [-0.05, 0) is 24.3 Å². The van der Waals surface area contributed by atoms with Crippen molar-refractivity contribution < 1.29 is 19.4 Å². The normalized spacial score (nSPS) is 15.2. The average Bonchev–Trinajstić information content (AvgIpc) is 2.60. The second kappa shape index (κ2) is 9.46. The van der Waals surface area contributed by atoms with Crippen LogP contribution in [0.1, 0.15) is 0 Å². The number of amides is 2. The van der Waals surface area contributed by atoms with E-state index in [-0.39, 0.29) is 31.6 Å². The SMILES string of the molecule is O=C(COc1ccc(Cl)cc1)NCC(=O)N1CCN(CCO)CC1. The van der Waals surface area contributed by atoms with E-state index >= 15 is 0 Å². The van der Waals surface area contributed by atoms with E-state index < -0.39 is 0 Å². The summed E-state index contributed by atoms with van der Waals surface area (Å²) in [4.78, 5) is 27.6. The van der Waals surface area contributed by atoms with Gasteiger partial charge >= 0.3 is 0 Å². The first-order valence-corrected chi connectivity index (χ1v) is 8.22. The van der Waals surface area contributed by atoms with Crippen molar-refractivity contribution >= 4 is 23.4 Å². The standard InChI is InChI=1S/C16H22ClN3O4/c17-13-1-3-14(4-2-13)24-12-15(22)18-11-16(23)20-7-5-19(6-8-20)9-10-21/h1-4,21H,5-12H2,(H,18,22). The monoisotopic (exact) mass is 355 g/mol. The Labute approximate surface area is 146 Å². The minimum Gasteiger partial charge on any atom is -0.484 e. The van der Waals surface area contributed by atoms with Gasteiger partial charge in [0.2, 0.25) is 5.91 Å². The molecule has 0 aliphatic carbocycles. The van der Waals surface area contributed by atoms with E-state index in [0.717, 1.165) is 13.1 Å². The number of hydrogen-bond acceptors (Lipinski definition) is 5. The number of ether oxygens (including phenoxy) is 1.